The molecule has 0 aliphatic rings. The number of nitrogens with zero attached hydrogens (tertiary/aromatic N) is 1. The summed E-state index contributed by atoms with van der Waals surface area (Å²) in [6.07, 6.45) is 0. The van der Waals surface area contributed by atoms with Crippen molar-refractivity contribution in [3.63, 3.8) is 0 Å². The molecule has 0 aliphatic carbocycles. The zero-order chi connectivity index (χ0) is 22.2. The second-order valence-electron chi connectivity index (χ2n) is 6.95. The third-order valence-electron chi connectivity index (χ3n) is 4.74. The average Bonchev–Trinajstić information content (AvgIpc) is 3.42. The lowest BCUT2D eigenvalue weighted by molar-refractivity contribution is 0.0997. The molecule has 5 nitrogen and oxygen atoms in total. The van der Waals surface area contributed by atoms with Crippen LogP contribution >= 0.6 is 45.8 Å². The molecule has 158 valence electrons. The van der Waals surface area contributed by atoms with Gasteiger partial charge in [-0.2, -0.15) is 0 Å². The first-order chi connectivity index (χ1) is 15.5. The molecule has 2 aromatic heterocycles. The number of carbonyl (C=O) groups is 1. The molecule has 0 radical (unpaired) electrons. The molecular formula is C24H13Cl2IN2O3. The molecule has 0 saturated heterocycles. The number of furan rings is 1. The van der Waals surface area contributed by atoms with Crippen molar-refractivity contribution < 1.29 is 13.6 Å². The van der Waals surface area contributed by atoms with Crippen LogP contribution < -0.4 is 5.32 Å². The summed E-state index contributed by atoms with van der Waals surface area (Å²) in [5.41, 5.74) is 3.35. The number of oxazole rings is 1. The number of carbonyl (C=O) groups excluding carboxylic acids is 1. The maximum atomic E-state index is 12.7. The summed E-state index contributed by atoms with van der Waals surface area (Å²) in [6, 6.07) is 21.5. The van der Waals surface area contributed by atoms with Gasteiger partial charge in [-0.3, -0.25) is 4.79 Å². The monoisotopic (exact) mass is 574 g/mol. The van der Waals surface area contributed by atoms with E-state index in [1.165, 1.54) is 0 Å². The van der Waals surface area contributed by atoms with Crippen LogP contribution in [0, 0.1) is 3.57 Å². The Kier molecular flexibility index (Phi) is 5.67. The van der Waals surface area contributed by atoms with Crippen molar-refractivity contribution in [1.82, 2.24) is 4.98 Å². The van der Waals surface area contributed by atoms with Gasteiger partial charge in [0.25, 0.3) is 5.91 Å². The smallest absolute Gasteiger partial charge is 0.291 e. The minimum Gasteiger partial charge on any atom is -0.451 e. The molecule has 5 aromatic rings. The Morgan fingerprint density at radius 2 is 1.81 bits per heavy atom. The van der Waals surface area contributed by atoms with Crippen LogP contribution in [0.1, 0.15) is 10.6 Å². The van der Waals surface area contributed by atoms with Crippen LogP contribution in [0.4, 0.5) is 5.69 Å². The zero-order valence-corrected chi connectivity index (χ0v) is 19.9. The fourth-order valence-electron chi connectivity index (χ4n) is 3.23. The van der Waals surface area contributed by atoms with Crippen molar-refractivity contribution in [2.24, 2.45) is 0 Å². The number of anilines is 1. The van der Waals surface area contributed by atoms with Crippen LogP contribution in [-0.4, -0.2) is 10.9 Å². The van der Waals surface area contributed by atoms with Gasteiger partial charge in [0.05, 0.1) is 5.02 Å². The van der Waals surface area contributed by atoms with Crippen molar-refractivity contribution in [2.75, 3.05) is 5.32 Å². The molecule has 5 rings (SSSR count). The minimum atomic E-state index is -0.393. The van der Waals surface area contributed by atoms with Crippen LogP contribution in [0.3, 0.4) is 0 Å². The standard InChI is InChI=1S/C24H13Cl2IN2O3/c25-14-4-6-18(26)17(11-14)20-8-9-22(31-20)23(30)28-16-5-7-21-19(12-16)29-24(32-21)13-2-1-3-15(27)10-13/h1-12H,(H,28,30). The predicted molar refractivity (Wildman–Crippen MR) is 134 cm³/mol. The molecule has 0 unspecified atom stereocenters. The normalized spacial score (nSPS) is 11.1. The van der Waals surface area contributed by atoms with Gasteiger partial charge in [-0.15, -0.1) is 0 Å². The largest absolute Gasteiger partial charge is 0.451 e. The van der Waals surface area contributed by atoms with E-state index in [0.29, 0.717) is 44.0 Å². The van der Waals surface area contributed by atoms with E-state index in [1.54, 1.807) is 48.5 Å². The second-order valence-corrected chi connectivity index (χ2v) is 9.04. The Labute approximate surface area is 206 Å². The zero-order valence-electron chi connectivity index (χ0n) is 16.2. The van der Waals surface area contributed by atoms with Gasteiger partial charge in [-0.05, 0) is 89.3 Å². The second kappa shape index (κ2) is 8.61. The van der Waals surface area contributed by atoms with Crippen molar-refractivity contribution in [1.29, 1.82) is 0 Å². The molecule has 0 atom stereocenters. The molecule has 32 heavy (non-hydrogen) atoms. The third kappa shape index (κ3) is 4.26. The number of hydrogen-bond donors (Lipinski definition) is 1. The van der Waals surface area contributed by atoms with Gasteiger partial charge in [0.1, 0.15) is 11.3 Å². The Bertz CT molecular complexity index is 1480. The van der Waals surface area contributed by atoms with E-state index >= 15 is 0 Å². The number of benzene rings is 3. The van der Waals surface area contributed by atoms with Crippen LogP contribution in [0.5, 0.6) is 0 Å². The van der Waals surface area contributed by atoms with Crippen LogP contribution in [0.2, 0.25) is 10.0 Å². The number of fused-ring (bicyclic) bond motifs is 1. The molecule has 1 amide bonds. The number of aromatic nitrogens is 1. The van der Waals surface area contributed by atoms with Gasteiger partial charge >= 0.3 is 0 Å². The highest BCUT2D eigenvalue weighted by atomic mass is 127. The highest BCUT2D eigenvalue weighted by Crippen LogP contribution is 2.32. The number of rotatable bonds is 4. The van der Waals surface area contributed by atoms with E-state index in [0.717, 1.165) is 9.13 Å². The molecule has 0 spiro atoms. The highest BCUT2D eigenvalue weighted by Gasteiger charge is 2.16. The van der Waals surface area contributed by atoms with E-state index in [1.807, 2.05) is 24.3 Å². The maximum absolute atomic E-state index is 12.7. The van der Waals surface area contributed by atoms with Crippen LogP contribution in [0.25, 0.3) is 33.9 Å². The van der Waals surface area contributed by atoms with Crippen LogP contribution in [0.15, 0.2) is 81.6 Å². The summed E-state index contributed by atoms with van der Waals surface area (Å²) in [5.74, 6) is 0.735. The Balaban J connectivity index is 1.38. The molecular weight excluding hydrogens is 562 g/mol. The van der Waals surface area contributed by atoms with Gasteiger partial charge in [0.2, 0.25) is 5.89 Å². The van der Waals surface area contributed by atoms with Crippen molar-refractivity contribution in [3.05, 3.63) is 92.2 Å². The van der Waals surface area contributed by atoms with Gasteiger partial charge in [-0.1, -0.05) is 29.3 Å². The molecule has 0 fully saturated rings. The summed E-state index contributed by atoms with van der Waals surface area (Å²) < 4.78 is 12.7. The lowest BCUT2D eigenvalue weighted by Gasteiger charge is -2.03. The first-order valence-corrected chi connectivity index (χ1v) is 11.3. The topological polar surface area (TPSA) is 68.3 Å². The van der Waals surface area contributed by atoms with Crippen LogP contribution in [-0.2, 0) is 0 Å². The number of halogens is 3. The Hall–Kier alpha value is -2.81. The molecule has 0 bridgehead atoms. The summed E-state index contributed by atoms with van der Waals surface area (Å²) >= 11 is 14.5. The van der Waals surface area contributed by atoms with Crippen molar-refractivity contribution in [2.45, 2.75) is 0 Å². The lowest BCUT2D eigenvalue weighted by atomic mass is 10.2. The first-order valence-electron chi connectivity index (χ1n) is 9.49. The van der Waals surface area contributed by atoms with Gasteiger partial charge in [0.15, 0.2) is 11.3 Å². The fourth-order valence-corrected chi connectivity index (χ4v) is 4.16. The predicted octanol–water partition coefficient (Wildman–Crippen LogP) is 7.92. The molecule has 0 aliphatic heterocycles. The molecule has 3 aromatic carbocycles. The summed E-state index contributed by atoms with van der Waals surface area (Å²) in [6.45, 7) is 0. The third-order valence-corrected chi connectivity index (χ3v) is 5.98. The van der Waals surface area contributed by atoms with Gasteiger partial charge < -0.3 is 14.2 Å². The Morgan fingerprint density at radius 1 is 0.938 bits per heavy atom. The number of hydrogen-bond acceptors (Lipinski definition) is 4. The Morgan fingerprint density at radius 3 is 2.66 bits per heavy atom. The van der Waals surface area contributed by atoms with E-state index in [9.17, 15) is 4.79 Å². The summed E-state index contributed by atoms with van der Waals surface area (Å²) in [4.78, 5) is 17.3. The van der Waals surface area contributed by atoms with E-state index < -0.39 is 5.91 Å². The summed E-state index contributed by atoms with van der Waals surface area (Å²) in [7, 11) is 0. The summed E-state index contributed by atoms with van der Waals surface area (Å²) in [5, 5.41) is 3.83. The average molecular weight is 575 g/mol. The SMILES string of the molecule is O=C(Nc1ccc2oc(-c3cccc(I)c3)nc2c1)c1ccc(-c2cc(Cl)ccc2Cl)o1. The molecule has 0 saturated carbocycles. The number of amides is 1. The quantitative estimate of drug-likeness (QED) is 0.221. The lowest BCUT2D eigenvalue weighted by Crippen LogP contribution is -2.10. The van der Waals surface area contributed by atoms with Crippen molar-refractivity contribution >= 4 is 68.5 Å². The molecule has 1 N–H and O–H groups in total. The van der Waals surface area contributed by atoms with Crippen molar-refractivity contribution in [3.8, 4) is 22.8 Å². The van der Waals surface area contributed by atoms with Gasteiger partial charge in [-0.25, -0.2) is 4.98 Å². The minimum absolute atomic E-state index is 0.149. The fraction of sp³-hybridized carbons (Fsp3) is 0. The molecule has 8 heteroatoms. The van der Waals surface area contributed by atoms with Gasteiger partial charge in [0, 0.05) is 25.4 Å². The van der Waals surface area contributed by atoms with E-state index in [-0.39, 0.29) is 5.76 Å². The number of nitrogens with one attached hydrogen (secondary N) is 1. The molecule has 2 heterocycles. The van der Waals surface area contributed by atoms with E-state index in [4.69, 9.17) is 32.0 Å². The highest BCUT2D eigenvalue weighted by molar-refractivity contribution is 14.1. The van der Waals surface area contributed by atoms with E-state index in [2.05, 4.69) is 32.9 Å². The maximum Gasteiger partial charge on any atom is 0.291 e. The first kappa shape index (κ1) is 21.1.